The summed E-state index contributed by atoms with van der Waals surface area (Å²) in [7, 11) is 1.60. The third-order valence-electron chi connectivity index (χ3n) is 3.16. The van der Waals surface area contributed by atoms with Gasteiger partial charge in [-0.15, -0.1) is 11.3 Å². The van der Waals surface area contributed by atoms with Crippen LogP contribution in [0.2, 0.25) is 5.02 Å². The molecule has 0 amide bonds. The molecule has 3 nitrogen and oxygen atoms in total. The van der Waals surface area contributed by atoms with Crippen molar-refractivity contribution in [3.05, 3.63) is 33.8 Å². The second-order valence-corrected chi connectivity index (χ2v) is 5.85. The van der Waals surface area contributed by atoms with Crippen molar-refractivity contribution in [3.8, 4) is 16.3 Å². The summed E-state index contributed by atoms with van der Waals surface area (Å²) in [5.74, 6) is 0.893. The zero-order chi connectivity index (χ0) is 13.4. The number of ketones is 1. The topological polar surface area (TPSA) is 39.2 Å². The molecule has 0 unspecified atom stereocenters. The van der Waals surface area contributed by atoms with Crippen LogP contribution in [0.4, 0.5) is 0 Å². The lowest BCUT2D eigenvalue weighted by Crippen LogP contribution is -2.07. The third-order valence-corrected chi connectivity index (χ3v) is 4.57. The van der Waals surface area contributed by atoms with Crippen molar-refractivity contribution in [1.29, 1.82) is 0 Å². The maximum absolute atomic E-state index is 11.9. The van der Waals surface area contributed by atoms with Gasteiger partial charge in [-0.25, -0.2) is 4.98 Å². The predicted octanol–water partition coefficient (Wildman–Crippen LogP) is 3.99. The van der Waals surface area contributed by atoms with Crippen LogP contribution in [-0.4, -0.2) is 17.9 Å². The first kappa shape index (κ1) is 12.6. The van der Waals surface area contributed by atoms with Crippen LogP contribution in [0.25, 0.3) is 10.6 Å². The number of ether oxygens (including phenoxy) is 1. The summed E-state index contributed by atoms with van der Waals surface area (Å²) < 4.78 is 5.34. The second-order valence-electron chi connectivity index (χ2n) is 4.42. The summed E-state index contributed by atoms with van der Waals surface area (Å²) in [5, 5.41) is 1.45. The third kappa shape index (κ3) is 2.26. The Bertz CT molecular complexity index is 651. The summed E-state index contributed by atoms with van der Waals surface area (Å²) >= 11 is 7.40. The molecule has 3 rings (SSSR count). The predicted molar refractivity (Wildman–Crippen MR) is 76.4 cm³/mol. The molecule has 19 heavy (non-hydrogen) atoms. The molecule has 0 bridgehead atoms. The molecule has 0 radical (unpaired) electrons. The number of hydrogen-bond acceptors (Lipinski definition) is 4. The molecule has 1 aliphatic carbocycles. The molecule has 0 spiro atoms. The van der Waals surface area contributed by atoms with E-state index in [2.05, 4.69) is 4.98 Å². The first-order valence-corrected chi connectivity index (χ1v) is 7.25. The molecule has 0 saturated heterocycles. The molecular formula is C14H12ClNO2S. The van der Waals surface area contributed by atoms with Crippen molar-refractivity contribution in [3.63, 3.8) is 0 Å². The highest BCUT2D eigenvalue weighted by Crippen LogP contribution is 2.38. The van der Waals surface area contributed by atoms with Gasteiger partial charge in [0.2, 0.25) is 0 Å². The van der Waals surface area contributed by atoms with Crippen LogP contribution in [0.3, 0.4) is 0 Å². The highest BCUT2D eigenvalue weighted by Gasteiger charge is 2.23. The number of carbonyl (C=O) groups is 1. The van der Waals surface area contributed by atoms with Crippen LogP contribution in [0.15, 0.2) is 18.2 Å². The van der Waals surface area contributed by atoms with Crippen LogP contribution < -0.4 is 4.74 Å². The fourth-order valence-electron chi connectivity index (χ4n) is 2.23. The lowest BCUT2D eigenvalue weighted by Gasteiger charge is -2.06. The normalized spacial score (nSPS) is 14.3. The summed E-state index contributed by atoms with van der Waals surface area (Å²) in [6.07, 6.45) is 2.41. The standard InChI is InChI=1S/C14H12ClNO2S/c1-18-12-7-8(15)5-6-9(12)14-16-10-3-2-4-11(17)13(10)19-14/h5-7H,2-4H2,1H3. The van der Waals surface area contributed by atoms with E-state index in [1.54, 1.807) is 13.2 Å². The van der Waals surface area contributed by atoms with Crippen LogP contribution >= 0.6 is 22.9 Å². The number of fused-ring (bicyclic) bond motifs is 1. The van der Waals surface area contributed by atoms with E-state index >= 15 is 0 Å². The average molecular weight is 294 g/mol. The molecule has 0 saturated carbocycles. The van der Waals surface area contributed by atoms with Gasteiger partial charge in [-0.2, -0.15) is 0 Å². The lowest BCUT2D eigenvalue weighted by atomic mass is 10.0. The molecule has 0 N–H and O–H groups in total. The number of aryl methyl sites for hydroxylation is 1. The highest BCUT2D eigenvalue weighted by atomic mass is 35.5. The van der Waals surface area contributed by atoms with Gasteiger partial charge in [0, 0.05) is 11.4 Å². The maximum atomic E-state index is 11.9. The average Bonchev–Trinajstić information content (AvgIpc) is 2.83. The monoisotopic (exact) mass is 293 g/mol. The largest absolute Gasteiger partial charge is 0.496 e. The zero-order valence-electron chi connectivity index (χ0n) is 10.4. The molecule has 98 valence electrons. The Balaban J connectivity index is 2.10. The van der Waals surface area contributed by atoms with Gasteiger partial charge in [-0.1, -0.05) is 11.6 Å². The molecule has 0 fully saturated rings. The Labute approximate surface area is 120 Å². The molecule has 1 aromatic heterocycles. The number of thiazole rings is 1. The molecule has 0 aliphatic heterocycles. The molecular weight excluding hydrogens is 282 g/mol. The van der Waals surface area contributed by atoms with E-state index in [9.17, 15) is 4.79 Å². The fraction of sp³-hybridized carbons (Fsp3) is 0.286. The minimum absolute atomic E-state index is 0.206. The van der Waals surface area contributed by atoms with Gasteiger partial charge < -0.3 is 4.74 Å². The Morgan fingerprint density at radius 1 is 1.37 bits per heavy atom. The first-order chi connectivity index (χ1) is 9.19. The number of aromatic nitrogens is 1. The van der Waals surface area contributed by atoms with Crippen LogP contribution in [0, 0.1) is 0 Å². The number of hydrogen-bond donors (Lipinski definition) is 0. The quantitative estimate of drug-likeness (QED) is 0.840. The van der Waals surface area contributed by atoms with E-state index in [4.69, 9.17) is 16.3 Å². The van der Waals surface area contributed by atoms with E-state index < -0.39 is 0 Å². The SMILES string of the molecule is COc1cc(Cl)ccc1-c1nc2c(s1)C(=O)CCC2. The number of halogens is 1. The van der Waals surface area contributed by atoms with E-state index in [0.29, 0.717) is 17.2 Å². The number of carbonyl (C=O) groups excluding carboxylic acids is 1. The number of nitrogens with zero attached hydrogens (tertiary/aromatic N) is 1. The summed E-state index contributed by atoms with van der Waals surface area (Å²) in [6.45, 7) is 0. The van der Waals surface area contributed by atoms with Crippen molar-refractivity contribution in [2.75, 3.05) is 7.11 Å². The van der Waals surface area contributed by atoms with Crippen LogP contribution in [-0.2, 0) is 6.42 Å². The van der Waals surface area contributed by atoms with Crippen LogP contribution in [0.1, 0.15) is 28.2 Å². The maximum Gasteiger partial charge on any atom is 0.174 e. The Kier molecular flexibility index (Phi) is 3.29. The fourth-order valence-corrected chi connectivity index (χ4v) is 3.50. The molecule has 0 atom stereocenters. The van der Waals surface area contributed by atoms with E-state index in [-0.39, 0.29) is 5.78 Å². The first-order valence-electron chi connectivity index (χ1n) is 6.06. The molecule has 5 heteroatoms. The molecule has 2 aromatic rings. The van der Waals surface area contributed by atoms with Gasteiger partial charge in [-0.05, 0) is 31.0 Å². The van der Waals surface area contributed by atoms with Gasteiger partial charge in [0.25, 0.3) is 0 Å². The number of methoxy groups -OCH3 is 1. The number of benzene rings is 1. The Morgan fingerprint density at radius 3 is 2.95 bits per heavy atom. The van der Waals surface area contributed by atoms with Gasteiger partial charge in [-0.3, -0.25) is 4.79 Å². The Hall–Kier alpha value is -1.39. The van der Waals surface area contributed by atoms with Crippen molar-refractivity contribution in [2.45, 2.75) is 19.3 Å². The lowest BCUT2D eigenvalue weighted by molar-refractivity contribution is 0.0976. The van der Waals surface area contributed by atoms with Gasteiger partial charge in [0.05, 0.1) is 23.2 Å². The summed E-state index contributed by atoms with van der Waals surface area (Å²) in [4.78, 5) is 17.2. The van der Waals surface area contributed by atoms with E-state index in [0.717, 1.165) is 34.0 Å². The number of rotatable bonds is 2. The molecule has 1 aromatic carbocycles. The number of Topliss-reactive ketones (excluding diaryl/α,β-unsaturated/α-hetero) is 1. The molecule has 1 aliphatic rings. The van der Waals surface area contributed by atoms with Crippen molar-refractivity contribution < 1.29 is 9.53 Å². The summed E-state index contributed by atoms with van der Waals surface area (Å²) in [6, 6.07) is 5.46. The minimum atomic E-state index is 0.206. The van der Waals surface area contributed by atoms with Gasteiger partial charge >= 0.3 is 0 Å². The summed E-state index contributed by atoms with van der Waals surface area (Å²) in [5.41, 5.74) is 1.81. The smallest absolute Gasteiger partial charge is 0.174 e. The van der Waals surface area contributed by atoms with E-state index in [1.807, 2.05) is 12.1 Å². The van der Waals surface area contributed by atoms with Crippen molar-refractivity contribution in [1.82, 2.24) is 4.98 Å². The van der Waals surface area contributed by atoms with Crippen molar-refractivity contribution in [2.24, 2.45) is 0 Å². The highest BCUT2D eigenvalue weighted by molar-refractivity contribution is 7.17. The molecule has 1 heterocycles. The van der Waals surface area contributed by atoms with E-state index in [1.165, 1.54) is 11.3 Å². The van der Waals surface area contributed by atoms with Gasteiger partial charge in [0.1, 0.15) is 10.8 Å². The van der Waals surface area contributed by atoms with Crippen LogP contribution in [0.5, 0.6) is 5.75 Å². The second kappa shape index (κ2) is 4.94. The van der Waals surface area contributed by atoms with Crippen molar-refractivity contribution >= 4 is 28.7 Å². The minimum Gasteiger partial charge on any atom is -0.496 e. The zero-order valence-corrected chi connectivity index (χ0v) is 12.0. The van der Waals surface area contributed by atoms with Gasteiger partial charge in [0.15, 0.2) is 5.78 Å². The Morgan fingerprint density at radius 2 is 2.21 bits per heavy atom.